The van der Waals surface area contributed by atoms with Gasteiger partial charge in [0.25, 0.3) is 0 Å². The molecule has 0 unspecified atom stereocenters. The number of halogens is 2. The van der Waals surface area contributed by atoms with E-state index < -0.39 is 0 Å². The highest BCUT2D eigenvalue weighted by Gasteiger charge is 2.18. The van der Waals surface area contributed by atoms with Gasteiger partial charge in [0, 0.05) is 24.4 Å². The van der Waals surface area contributed by atoms with Crippen molar-refractivity contribution in [1.29, 1.82) is 0 Å². The molecule has 8 heteroatoms. The maximum atomic E-state index is 11.9. The zero-order valence-corrected chi connectivity index (χ0v) is 14.1. The van der Waals surface area contributed by atoms with E-state index >= 15 is 0 Å². The molecule has 1 atom stereocenters. The SMILES string of the molecule is Cl.Cl.O=C(Cc1ccccn1)Nc1ccc([C@@H]2CCNC2)nn1. The third-order valence-corrected chi connectivity index (χ3v) is 3.50. The lowest BCUT2D eigenvalue weighted by atomic mass is 10.1. The number of nitrogens with zero attached hydrogens (tertiary/aromatic N) is 3. The number of hydrogen-bond acceptors (Lipinski definition) is 5. The normalized spacial score (nSPS) is 16.1. The number of rotatable bonds is 4. The molecule has 1 amide bonds. The van der Waals surface area contributed by atoms with Gasteiger partial charge in [0.2, 0.25) is 5.91 Å². The van der Waals surface area contributed by atoms with Crippen LogP contribution < -0.4 is 10.6 Å². The predicted molar refractivity (Wildman–Crippen MR) is 93.3 cm³/mol. The average molecular weight is 356 g/mol. The fourth-order valence-corrected chi connectivity index (χ4v) is 2.39. The van der Waals surface area contributed by atoms with Crippen LogP contribution in [0.1, 0.15) is 23.7 Å². The van der Waals surface area contributed by atoms with Gasteiger partial charge in [-0.15, -0.1) is 29.9 Å². The molecule has 2 N–H and O–H groups in total. The summed E-state index contributed by atoms with van der Waals surface area (Å²) in [5.74, 6) is 0.764. The van der Waals surface area contributed by atoms with Crippen LogP contribution in [0.25, 0.3) is 0 Å². The number of hydrogen-bond donors (Lipinski definition) is 2. The van der Waals surface area contributed by atoms with Crippen LogP contribution in [-0.4, -0.2) is 34.2 Å². The highest BCUT2D eigenvalue weighted by atomic mass is 35.5. The van der Waals surface area contributed by atoms with E-state index in [9.17, 15) is 4.79 Å². The van der Waals surface area contributed by atoms with Crippen molar-refractivity contribution in [2.45, 2.75) is 18.8 Å². The minimum atomic E-state index is -0.140. The van der Waals surface area contributed by atoms with Gasteiger partial charge < -0.3 is 10.6 Å². The van der Waals surface area contributed by atoms with Crippen LogP contribution in [0, 0.1) is 0 Å². The van der Waals surface area contributed by atoms with Crippen LogP contribution in [0.5, 0.6) is 0 Å². The summed E-state index contributed by atoms with van der Waals surface area (Å²) < 4.78 is 0. The number of carbonyl (C=O) groups is 1. The minimum absolute atomic E-state index is 0. The molecule has 3 rings (SSSR count). The highest BCUT2D eigenvalue weighted by molar-refractivity contribution is 5.91. The van der Waals surface area contributed by atoms with E-state index in [4.69, 9.17) is 0 Å². The van der Waals surface area contributed by atoms with Crippen LogP contribution in [0.2, 0.25) is 0 Å². The Bertz CT molecular complexity index is 603. The van der Waals surface area contributed by atoms with Crippen molar-refractivity contribution in [3.63, 3.8) is 0 Å². The molecule has 6 nitrogen and oxygen atoms in total. The Kier molecular flexibility index (Phi) is 7.88. The van der Waals surface area contributed by atoms with Crippen LogP contribution in [0.15, 0.2) is 36.5 Å². The Labute approximate surface area is 147 Å². The fourth-order valence-electron chi connectivity index (χ4n) is 2.39. The number of amides is 1. The van der Waals surface area contributed by atoms with Crippen molar-refractivity contribution in [3.05, 3.63) is 47.9 Å². The van der Waals surface area contributed by atoms with Gasteiger partial charge >= 0.3 is 0 Å². The van der Waals surface area contributed by atoms with E-state index in [1.165, 1.54) is 0 Å². The van der Waals surface area contributed by atoms with Crippen molar-refractivity contribution in [2.24, 2.45) is 0 Å². The Balaban J connectivity index is 0.00000132. The molecule has 0 aromatic carbocycles. The first kappa shape index (κ1) is 19.3. The lowest BCUT2D eigenvalue weighted by Gasteiger charge is -2.08. The summed E-state index contributed by atoms with van der Waals surface area (Å²) in [6.45, 7) is 1.97. The highest BCUT2D eigenvalue weighted by Crippen LogP contribution is 2.20. The van der Waals surface area contributed by atoms with Crippen molar-refractivity contribution in [1.82, 2.24) is 20.5 Å². The molecule has 0 saturated carbocycles. The smallest absolute Gasteiger partial charge is 0.231 e. The lowest BCUT2D eigenvalue weighted by molar-refractivity contribution is -0.115. The molecule has 2 aromatic rings. The molecule has 1 aliphatic heterocycles. The van der Waals surface area contributed by atoms with Gasteiger partial charge in [0.15, 0.2) is 5.82 Å². The zero-order chi connectivity index (χ0) is 14.5. The first-order valence-electron chi connectivity index (χ1n) is 7.05. The molecule has 0 radical (unpaired) electrons. The van der Waals surface area contributed by atoms with Gasteiger partial charge in [-0.25, -0.2) is 0 Å². The zero-order valence-electron chi connectivity index (χ0n) is 12.4. The van der Waals surface area contributed by atoms with E-state index in [-0.39, 0.29) is 37.1 Å². The van der Waals surface area contributed by atoms with Crippen molar-refractivity contribution < 1.29 is 4.79 Å². The van der Waals surface area contributed by atoms with Gasteiger partial charge in [0.05, 0.1) is 12.1 Å². The second-order valence-electron chi connectivity index (χ2n) is 5.08. The quantitative estimate of drug-likeness (QED) is 0.876. The second-order valence-corrected chi connectivity index (χ2v) is 5.08. The summed E-state index contributed by atoms with van der Waals surface area (Å²) in [4.78, 5) is 16.0. The Morgan fingerprint density at radius 2 is 2.09 bits per heavy atom. The van der Waals surface area contributed by atoms with Gasteiger partial charge in [0.1, 0.15) is 0 Å². The topological polar surface area (TPSA) is 79.8 Å². The van der Waals surface area contributed by atoms with E-state index in [0.29, 0.717) is 11.7 Å². The molecule has 3 heterocycles. The molecule has 1 saturated heterocycles. The summed E-state index contributed by atoms with van der Waals surface area (Å²) in [5.41, 5.74) is 1.71. The molecule has 0 bridgehead atoms. The van der Waals surface area contributed by atoms with Crippen LogP contribution in [0.3, 0.4) is 0 Å². The molecular formula is C15H19Cl2N5O. The average Bonchev–Trinajstić information content (AvgIpc) is 3.03. The predicted octanol–water partition coefficient (Wildman–Crippen LogP) is 1.97. The first-order chi connectivity index (χ1) is 10.3. The number of nitrogens with one attached hydrogen (secondary N) is 2. The Hall–Kier alpha value is -1.76. The molecule has 1 fully saturated rings. The van der Waals surface area contributed by atoms with Gasteiger partial charge in [-0.05, 0) is 37.2 Å². The van der Waals surface area contributed by atoms with Gasteiger partial charge in [-0.3, -0.25) is 9.78 Å². The lowest BCUT2D eigenvalue weighted by Crippen LogP contribution is -2.17. The summed E-state index contributed by atoms with van der Waals surface area (Å²) in [5, 5.41) is 14.3. The summed E-state index contributed by atoms with van der Waals surface area (Å²) >= 11 is 0. The molecule has 124 valence electrons. The number of anilines is 1. The number of carbonyl (C=O) groups excluding carboxylic acids is 1. The van der Waals surface area contributed by atoms with Crippen molar-refractivity contribution in [3.8, 4) is 0 Å². The molecular weight excluding hydrogens is 337 g/mol. The van der Waals surface area contributed by atoms with E-state index in [1.54, 1.807) is 12.3 Å². The first-order valence-corrected chi connectivity index (χ1v) is 7.05. The maximum absolute atomic E-state index is 11.9. The third-order valence-electron chi connectivity index (χ3n) is 3.50. The largest absolute Gasteiger partial charge is 0.316 e. The standard InChI is InChI=1S/C15H17N5O.2ClH/c21-15(9-12-3-1-2-7-17-12)18-14-5-4-13(19-20-14)11-6-8-16-10-11;;/h1-5,7,11,16H,6,8-10H2,(H,18,20,21);2*1H/t11-;;/m1../s1. The third kappa shape index (κ3) is 5.42. The minimum Gasteiger partial charge on any atom is -0.316 e. The Morgan fingerprint density at radius 3 is 2.70 bits per heavy atom. The molecule has 0 spiro atoms. The van der Waals surface area contributed by atoms with Crippen molar-refractivity contribution >= 4 is 36.5 Å². The van der Waals surface area contributed by atoms with Gasteiger partial charge in [-0.1, -0.05) is 6.07 Å². The van der Waals surface area contributed by atoms with Crippen LogP contribution in [0.4, 0.5) is 5.82 Å². The van der Waals surface area contributed by atoms with Crippen molar-refractivity contribution in [2.75, 3.05) is 18.4 Å². The van der Waals surface area contributed by atoms with E-state index in [2.05, 4.69) is 25.8 Å². The summed E-state index contributed by atoms with van der Waals surface area (Å²) in [7, 11) is 0. The number of aromatic nitrogens is 3. The molecule has 23 heavy (non-hydrogen) atoms. The van der Waals surface area contributed by atoms with E-state index in [1.807, 2.05) is 24.3 Å². The molecule has 0 aliphatic carbocycles. The fraction of sp³-hybridized carbons (Fsp3) is 0.333. The maximum Gasteiger partial charge on any atom is 0.231 e. The Morgan fingerprint density at radius 1 is 1.22 bits per heavy atom. The van der Waals surface area contributed by atoms with Crippen LogP contribution >= 0.6 is 24.8 Å². The summed E-state index contributed by atoms with van der Waals surface area (Å²) in [6, 6.07) is 9.24. The molecule has 1 aliphatic rings. The van der Waals surface area contributed by atoms with E-state index in [0.717, 1.165) is 30.9 Å². The monoisotopic (exact) mass is 355 g/mol. The molecule has 2 aromatic heterocycles. The van der Waals surface area contributed by atoms with Crippen LogP contribution in [-0.2, 0) is 11.2 Å². The number of pyridine rings is 1. The second kappa shape index (κ2) is 9.39. The summed E-state index contributed by atoms with van der Waals surface area (Å²) in [6.07, 6.45) is 2.99. The van der Waals surface area contributed by atoms with Gasteiger partial charge in [-0.2, -0.15) is 5.10 Å².